The van der Waals surface area contributed by atoms with Crippen molar-refractivity contribution in [2.75, 3.05) is 23.8 Å². The van der Waals surface area contributed by atoms with Crippen molar-refractivity contribution < 1.29 is 5.11 Å². The maximum atomic E-state index is 9.32. The normalized spacial score (nSPS) is 21.1. The van der Waals surface area contributed by atoms with Gasteiger partial charge in [-0.25, -0.2) is 4.98 Å². The molecule has 1 aromatic rings. The molecule has 0 saturated carbocycles. The minimum absolute atomic E-state index is 0.0852. The summed E-state index contributed by atoms with van der Waals surface area (Å²) in [5.74, 6) is 0.638. The van der Waals surface area contributed by atoms with Crippen LogP contribution < -0.4 is 10.6 Å². The highest BCUT2D eigenvalue weighted by atomic mass is 35.5. The van der Waals surface area contributed by atoms with Crippen molar-refractivity contribution in [1.82, 2.24) is 9.97 Å². The summed E-state index contributed by atoms with van der Waals surface area (Å²) in [5.41, 5.74) is 6.33. The lowest BCUT2D eigenvalue weighted by Crippen LogP contribution is -2.42. The number of hydrogen-bond acceptors (Lipinski definition) is 5. The van der Waals surface area contributed by atoms with Crippen molar-refractivity contribution in [1.29, 1.82) is 0 Å². The van der Waals surface area contributed by atoms with Gasteiger partial charge in [0, 0.05) is 6.54 Å². The average Bonchev–Trinajstić information content (AvgIpc) is 2.32. The van der Waals surface area contributed by atoms with Crippen LogP contribution >= 0.6 is 11.6 Å². The molecule has 0 aliphatic carbocycles. The largest absolute Gasteiger partial charge is 0.394 e. The van der Waals surface area contributed by atoms with Crippen LogP contribution in [0, 0.1) is 0 Å². The third-order valence-corrected chi connectivity index (χ3v) is 3.06. The van der Waals surface area contributed by atoms with Crippen molar-refractivity contribution in [3.05, 3.63) is 11.5 Å². The molecule has 1 fully saturated rings. The molecule has 0 amide bonds. The quantitative estimate of drug-likeness (QED) is 0.759. The van der Waals surface area contributed by atoms with E-state index in [1.807, 2.05) is 4.90 Å². The molecule has 1 unspecified atom stereocenters. The second kappa shape index (κ2) is 4.84. The number of rotatable bonds is 2. The molecule has 5 nitrogen and oxygen atoms in total. The van der Waals surface area contributed by atoms with Gasteiger partial charge in [-0.3, -0.25) is 0 Å². The van der Waals surface area contributed by atoms with Crippen molar-refractivity contribution >= 4 is 23.1 Å². The first-order valence-corrected chi connectivity index (χ1v) is 5.75. The standard InChI is InChI=1S/C10H15ClN4O/c11-10-13-5-8(12)9(14-10)15-4-2-1-3-7(15)6-16/h5,7,16H,1-4,6,12H2. The fraction of sp³-hybridized carbons (Fsp3) is 0.600. The minimum atomic E-state index is 0.0852. The molecular weight excluding hydrogens is 228 g/mol. The molecule has 1 aliphatic rings. The molecule has 0 radical (unpaired) electrons. The zero-order chi connectivity index (χ0) is 11.5. The number of piperidine rings is 1. The van der Waals surface area contributed by atoms with Crippen LogP contribution in [0.15, 0.2) is 6.20 Å². The number of nitrogen functional groups attached to an aromatic ring is 1. The summed E-state index contributed by atoms with van der Waals surface area (Å²) in [4.78, 5) is 9.98. The van der Waals surface area contributed by atoms with E-state index in [0.717, 1.165) is 25.8 Å². The van der Waals surface area contributed by atoms with Gasteiger partial charge in [0.05, 0.1) is 24.5 Å². The highest BCUT2D eigenvalue weighted by Gasteiger charge is 2.24. The summed E-state index contributed by atoms with van der Waals surface area (Å²) in [6.07, 6.45) is 4.67. The molecule has 0 bridgehead atoms. The second-order valence-corrected chi connectivity index (χ2v) is 4.28. The topological polar surface area (TPSA) is 75.3 Å². The van der Waals surface area contributed by atoms with Crippen LogP contribution in [-0.4, -0.2) is 34.3 Å². The maximum Gasteiger partial charge on any atom is 0.224 e. The van der Waals surface area contributed by atoms with Crippen LogP contribution in [0.4, 0.5) is 11.5 Å². The van der Waals surface area contributed by atoms with Gasteiger partial charge in [0.25, 0.3) is 0 Å². The first-order chi connectivity index (χ1) is 7.72. The SMILES string of the molecule is Nc1cnc(Cl)nc1N1CCCCC1CO. The summed E-state index contributed by atoms with van der Waals surface area (Å²) in [6, 6.07) is 0.0852. The monoisotopic (exact) mass is 242 g/mol. The van der Waals surface area contributed by atoms with Crippen LogP contribution in [0.1, 0.15) is 19.3 Å². The summed E-state index contributed by atoms with van der Waals surface area (Å²) < 4.78 is 0. The number of aliphatic hydroxyl groups excluding tert-OH is 1. The van der Waals surface area contributed by atoms with E-state index in [2.05, 4.69) is 9.97 Å². The predicted octanol–water partition coefficient (Wildman–Crippen LogP) is 1.06. The Hall–Kier alpha value is -1.07. The Labute approximate surface area is 99.3 Å². The van der Waals surface area contributed by atoms with Crippen molar-refractivity contribution in [2.45, 2.75) is 25.3 Å². The Balaban J connectivity index is 2.30. The fourth-order valence-electron chi connectivity index (χ4n) is 2.06. The molecule has 16 heavy (non-hydrogen) atoms. The zero-order valence-corrected chi connectivity index (χ0v) is 9.69. The minimum Gasteiger partial charge on any atom is -0.394 e. The predicted molar refractivity (Wildman–Crippen MR) is 63.5 cm³/mol. The molecule has 3 N–H and O–H groups in total. The van der Waals surface area contributed by atoms with Gasteiger partial charge < -0.3 is 15.7 Å². The molecule has 0 aromatic carbocycles. The van der Waals surface area contributed by atoms with Crippen LogP contribution in [0.3, 0.4) is 0 Å². The molecule has 2 rings (SSSR count). The van der Waals surface area contributed by atoms with Gasteiger partial charge in [-0.05, 0) is 30.9 Å². The lowest BCUT2D eigenvalue weighted by molar-refractivity contribution is 0.239. The Morgan fingerprint density at radius 3 is 3.12 bits per heavy atom. The summed E-state index contributed by atoms with van der Waals surface area (Å²) >= 11 is 5.76. The molecule has 1 saturated heterocycles. The van der Waals surface area contributed by atoms with Gasteiger partial charge in [0.2, 0.25) is 5.28 Å². The number of halogens is 1. The molecule has 0 spiro atoms. The van der Waals surface area contributed by atoms with Crippen molar-refractivity contribution in [3.63, 3.8) is 0 Å². The molecule has 1 aromatic heterocycles. The van der Waals surface area contributed by atoms with E-state index in [0.29, 0.717) is 11.5 Å². The smallest absolute Gasteiger partial charge is 0.224 e. The van der Waals surface area contributed by atoms with E-state index in [1.165, 1.54) is 6.20 Å². The summed E-state index contributed by atoms with van der Waals surface area (Å²) in [5, 5.41) is 9.51. The Morgan fingerprint density at radius 2 is 2.38 bits per heavy atom. The lowest BCUT2D eigenvalue weighted by atomic mass is 10.0. The number of anilines is 2. The first kappa shape index (κ1) is 11.4. The molecule has 88 valence electrons. The molecule has 1 aliphatic heterocycles. The number of nitrogens with zero attached hydrogens (tertiary/aromatic N) is 3. The Bertz CT molecular complexity index is 374. The third-order valence-electron chi connectivity index (χ3n) is 2.88. The van der Waals surface area contributed by atoms with Crippen LogP contribution in [0.5, 0.6) is 0 Å². The molecule has 1 atom stereocenters. The number of aliphatic hydroxyl groups is 1. The van der Waals surface area contributed by atoms with Crippen molar-refractivity contribution in [3.8, 4) is 0 Å². The van der Waals surface area contributed by atoms with E-state index < -0.39 is 0 Å². The average molecular weight is 243 g/mol. The second-order valence-electron chi connectivity index (χ2n) is 3.94. The third kappa shape index (κ3) is 2.20. The Morgan fingerprint density at radius 1 is 1.56 bits per heavy atom. The number of hydrogen-bond donors (Lipinski definition) is 2. The van der Waals surface area contributed by atoms with Gasteiger partial charge >= 0.3 is 0 Å². The lowest BCUT2D eigenvalue weighted by Gasteiger charge is -2.36. The summed E-state index contributed by atoms with van der Waals surface area (Å²) in [6.45, 7) is 0.962. The number of aromatic nitrogens is 2. The molecular formula is C10H15ClN4O. The van der Waals surface area contributed by atoms with Gasteiger partial charge in [-0.15, -0.1) is 0 Å². The van der Waals surface area contributed by atoms with E-state index in [1.54, 1.807) is 0 Å². The Kier molecular flexibility index (Phi) is 3.46. The van der Waals surface area contributed by atoms with Gasteiger partial charge in [-0.2, -0.15) is 4.98 Å². The van der Waals surface area contributed by atoms with Gasteiger partial charge in [0.15, 0.2) is 5.82 Å². The highest BCUT2D eigenvalue weighted by molar-refractivity contribution is 6.28. The highest BCUT2D eigenvalue weighted by Crippen LogP contribution is 2.27. The van der Waals surface area contributed by atoms with E-state index >= 15 is 0 Å². The first-order valence-electron chi connectivity index (χ1n) is 5.38. The van der Waals surface area contributed by atoms with Crippen LogP contribution in [0.2, 0.25) is 5.28 Å². The number of nitrogens with two attached hydrogens (primary N) is 1. The van der Waals surface area contributed by atoms with E-state index in [4.69, 9.17) is 17.3 Å². The van der Waals surface area contributed by atoms with E-state index in [9.17, 15) is 5.11 Å². The molecule has 6 heteroatoms. The maximum absolute atomic E-state index is 9.32. The van der Waals surface area contributed by atoms with Gasteiger partial charge in [0.1, 0.15) is 0 Å². The van der Waals surface area contributed by atoms with Crippen LogP contribution in [0.25, 0.3) is 0 Å². The zero-order valence-electron chi connectivity index (χ0n) is 8.93. The van der Waals surface area contributed by atoms with Gasteiger partial charge in [-0.1, -0.05) is 0 Å². The fourth-order valence-corrected chi connectivity index (χ4v) is 2.19. The van der Waals surface area contributed by atoms with Crippen molar-refractivity contribution in [2.24, 2.45) is 0 Å². The van der Waals surface area contributed by atoms with E-state index in [-0.39, 0.29) is 17.9 Å². The summed E-state index contributed by atoms with van der Waals surface area (Å²) in [7, 11) is 0. The molecule has 2 heterocycles. The van der Waals surface area contributed by atoms with Crippen LogP contribution in [-0.2, 0) is 0 Å².